The Bertz CT molecular complexity index is 1040. The van der Waals surface area contributed by atoms with Crippen LogP contribution < -0.4 is 10.3 Å². The molecule has 2 fully saturated rings. The van der Waals surface area contributed by atoms with Crippen LogP contribution in [0.15, 0.2) is 27.9 Å². The van der Waals surface area contributed by atoms with Gasteiger partial charge in [0.05, 0.1) is 22.3 Å². The van der Waals surface area contributed by atoms with Crippen molar-refractivity contribution in [2.45, 2.75) is 55.3 Å². The maximum atomic E-state index is 14.1. The number of sulfonamides is 1. The number of nitrogens with zero attached hydrogens (tertiary/aromatic N) is 2. The molecule has 2 aliphatic rings. The SMILES string of the molecule is CC1(NS(=O)(=O)c2ccc3nc(Cl)n(CC4(F)CC4)c(=O)c3c2)CC1. The molecule has 25 heavy (non-hydrogen) atoms. The summed E-state index contributed by atoms with van der Waals surface area (Å²) in [5.41, 5.74) is -2.09. The molecule has 0 aliphatic heterocycles. The quantitative estimate of drug-likeness (QED) is 0.801. The van der Waals surface area contributed by atoms with Gasteiger partial charge in [-0.15, -0.1) is 0 Å². The molecular formula is C16H17ClFN3O3S. The second kappa shape index (κ2) is 5.25. The Labute approximate surface area is 149 Å². The zero-order valence-electron chi connectivity index (χ0n) is 13.6. The van der Waals surface area contributed by atoms with Crippen molar-refractivity contribution in [2.24, 2.45) is 0 Å². The molecule has 1 aromatic heterocycles. The summed E-state index contributed by atoms with van der Waals surface area (Å²) in [6, 6.07) is 4.11. The summed E-state index contributed by atoms with van der Waals surface area (Å²) in [5.74, 6) is 0. The highest BCUT2D eigenvalue weighted by Gasteiger charge is 2.44. The van der Waals surface area contributed by atoms with E-state index in [1.807, 2.05) is 6.92 Å². The maximum Gasteiger partial charge on any atom is 0.262 e. The summed E-state index contributed by atoms with van der Waals surface area (Å²) in [6.07, 6.45) is 2.32. The highest BCUT2D eigenvalue weighted by atomic mass is 35.5. The van der Waals surface area contributed by atoms with Gasteiger partial charge in [0.2, 0.25) is 15.3 Å². The van der Waals surface area contributed by atoms with Crippen LogP contribution in [0, 0.1) is 0 Å². The van der Waals surface area contributed by atoms with Crippen LogP contribution >= 0.6 is 11.6 Å². The van der Waals surface area contributed by atoms with Gasteiger partial charge in [0.1, 0.15) is 5.67 Å². The largest absolute Gasteiger partial charge is 0.280 e. The Kier molecular flexibility index (Phi) is 3.55. The number of hydrogen-bond acceptors (Lipinski definition) is 4. The van der Waals surface area contributed by atoms with Gasteiger partial charge in [-0.25, -0.2) is 22.5 Å². The van der Waals surface area contributed by atoms with E-state index in [0.717, 1.165) is 17.4 Å². The van der Waals surface area contributed by atoms with Gasteiger partial charge in [0.25, 0.3) is 5.56 Å². The van der Waals surface area contributed by atoms with Crippen molar-refractivity contribution in [2.75, 3.05) is 0 Å². The van der Waals surface area contributed by atoms with E-state index in [-0.39, 0.29) is 27.6 Å². The van der Waals surface area contributed by atoms with E-state index in [9.17, 15) is 17.6 Å². The number of alkyl halides is 1. The molecule has 9 heteroatoms. The minimum atomic E-state index is -3.74. The van der Waals surface area contributed by atoms with Crippen LogP contribution in [-0.2, 0) is 16.6 Å². The summed E-state index contributed by atoms with van der Waals surface area (Å²) in [7, 11) is -3.74. The molecule has 0 amide bonds. The van der Waals surface area contributed by atoms with E-state index in [4.69, 9.17) is 11.6 Å². The number of benzene rings is 1. The average Bonchev–Trinajstić information content (AvgIpc) is 3.43. The number of nitrogens with one attached hydrogen (secondary N) is 1. The van der Waals surface area contributed by atoms with Gasteiger partial charge in [-0.1, -0.05) is 0 Å². The highest BCUT2D eigenvalue weighted by molar-refractivity contribution is 7.89. The molecule has 1 aromatic carbocycles. The summed E-state index contributed by atoms with van der Waals surface area (Å²) in [5, 5.41) is 0.0122. The molecular weight excluding hydrogens is 369 g/mol. The van der Waals surface area contributed by atoms with Crippen LogP contribution in [0.5, 0.6) is 0 Å². The van der Waals surface area contributed by atoms with E-state index in [1.165, 1.54) is 18.2 Å². The Morgan fingerprint density at radius 2 is 2.00 bits per heavy atom. The fraction of sp³-hybridized carbons (Fsp3) is 0.500. The van der Waals surface area contributed by atoms with Gasteiger partial charge in [0, 0.05) is 5.54 Å². The lowest BCUT2D eigenvalue weighted by Crippen LogP contribution is -2.34. The van der Waals surface area contributed by atoms with Crippen LogP contribution in [0.1, 0.15) is 32.6 Å². The lowest BCUT2D eigenvalue weighted by Gasteiger charge is -2.14. The minimum Gasteiger partial charge on any atom is -0.280 e. The molecule has 4 rings (SSSR count). The molecule has 0 bridgehead atoms. The van der Waals surface area contributed by atoms with Gasteiger partial charge in [0.15, 0.2) is 0 Å². The summed E-state index contributed by atoms with van der Waals surface area (Å²) < 4.78 is 42.8. The normalized spacial score (nSPS) is 20.6. The first-order valence-corrected chi connectivity index (χ1v) is 9.90. The third-order valence-corrected chi connectivity index (χ3v) is 6.73. The smallest absolute Gasteiger partial charge is 0.262 e. The number of hydrogen-bond donors (Lipinski definition) is 1. The van der Waals surface area contributed by atoms with E-state index >= 15 is 0 Å². The first-order valence-electron chi connectivity index (χ1n) is 8.04. The topological polar surface area (TPSA) is 81.1 Å². The number of rotatable bonds is 5. The zero-order chi connectivity index (χ0) is 18.0. The van der Waals surface area contributed by atoms with Crippen LogP contribution in [0.25, 0.3) is 10.9 Å². The molecule has 0 atom stereocenters. The first-order chi connectivity index (χ1) is 11.6. The predicted octanol–water partition coefficient (Wildman–Crippen LogP) is 2.38. The fourth-order valence-corrected chi connectivity index (χ4v) is 4.45. The van der Waals surface area contributed by atoms with Crippen molar-refractivity contribution in [3.63, 3.8) is 0 Å². The van der Waals surface area contributed by atoms with Crippen LogP contribution in [0.3, 0.4) is 0 Å². The molecule has 134 valence electrons. The van der Waals surface area contributed by atoms with Crippen LogP contribution in [-0.4, -0.2) is 29.2 Å². The highest BCUT2D eigenvalue weighted by Crippen LogP contribution is 2.41. The average molecular weight is 386 g/mol. The molecule has 2 aromatic rings. The van der Waals surface area contributed by atoms with E-state index < -0.39 is 26.8 Å². The zero-order valence-corrected chi connectivity index (χ0v) is 15.1. The van der Waals surface area contributed by atoms with E-state index in [1.54, 1.807) is 0 Å². The van der Waals surface area contributed by atoms with Crippen molar-refractivity contribution in [1.29, 1.82) is 0 Å². The summed E-state index contributed by atoms with van der Waals surface area (Å²) in [6.45, 7) is 1.66. The van der Waals surface area contributed by atoms with Gasteiger partial charge in [-0.05, 0) is 62.4 Å². The fourth-order valence-electron chi connectivity index (χ4n) is 2.73. The molecule has 0 unspecified atom stereocenters. The van der Waals surface area contributed by atoms with Crippen molar-refractivity contribution in [1.82, 2.24) is 14.3 Å². The van der Waals surface area contributed by atoms with Gasteiger partial charge in [-0.2, -0.15) is 0 Å². The number of aromatic nitrogens is 2. The van der Waals surface area contributed by atoms with Crippen LogP contribution in [0.4, 0.5) is 4.39 Å². The molecule has 6 nitrogen and oxygen atoms in total. The molecule has 0 spiro atoms. The van der Waals surface area contributed by atoms with Crippen molar-refractivity contribution in [3.05, 3.63) is 33.8 Å². The Hall–Kier alpha value is -1.51. The molecule has 0 radical (unpaired) electrons. The van der Waals surface area contributed by atoms with Crippen LogP contribution in [0.2, 0.25) is 5.28 Å². The standard InChI is InChI=1S/C16H17ClFN3O3S/c1-15(4-5-15)20-25(23,24)10-2-3-12-11(8-10)13(22)21(14(17)19-12)9-16(18)6-7-16/h2-3,8,20H,4-7,9H2,1H3. The second-order valence-corrected chi connectivity index (χ2v) is 9.29. The van der Waals surface area contributed by atoms with Crippen molar-refractivity contribution >= 4 is 32.5 Å². The lowest BCUT2D eigenvalue weighted by molar-refractivity contribution is 0.268. The first kappa shape index (κ1) is 16.9. The summed E-state index contributed by atoms with van der Waals surface area (Å²) in [4.78, 5) is 16.8. The van der Waals surface area contributed by atoms with Gasteiger partial charge < -0.3 is 0 Å². The van der Waals surface area contributed by atoms with Gasteiger partial charge >= 0.3 is 0 Å². The Morgan fingerprint density at radius 3 is 2.60 bits per heavy atom. The molecule has 2 aliphatic carbocycles. The number of halogens is 2. The van der Waals surface area contributed by atoms with E-state index in [2.05, 4.69) is 9.71 Å². The van der Waals surface area contributed by atoms with Gasteiger partial charge in [-0.3, -0.25) is 9.36 Å². The molecule has 1 heterocycles. The third kappa shape index (κ3) is 3.18. The maximum absolute atomic E-state index is 14.1. The predicted molar refractivity (Wildman–Crippen MR) is 92.0 cm³/mol. The molecule has 2 saturated carbocycles. The number of fused-ring (bicyclic) bond motifs is 1. The summed E-state index contributed by atoms with van der Waals surface area (Å²) >= 11 is 6.02. The lowest BCUT2D eigenvalue weighted by atomic mass is 10.2. The van der Waals surface area contributed by atoms with Crippen molar-refractivity contribution < 1.29 is 12.8 Å². The Morgan fingerprint density at radius 1 is 1.32 bits per heavy atom. The van der Waals surface area contributed by atoms with Crippen molar-refractivity contribution in [3.8, 4) is 0 Å². The molecule has 0 saturated heterocycles. The minimum absolute atomic E-state index is 0.0118. The Balaban J connectivity index is 1.80. The van der Waals surface area contributed by atoms with E-state index in [0.29, 0.717) is 12.8 Å². The third-order valence-electron chi connectivity index (χ3n) is 4.80. The molecule has 1 N–H and O–H groups in total. The monoisotopic (exact) mass is 385 g/mol. The second-order valence-electron chi connectivity index (χ2n) is 7.27.